The Balaban J connectivity index is 3.62. The Hall–Kier alpha value is -0.860. The smallest absolute Gasteiger partial charge is 0.211 e. The maximum absolute atomic E-state index is 11.2. The van der Waals surface area contributed by atoms with Gasteiger partial charge in [0.1, 0.15) is 0 Å². The molecule has 0 saturated carbocycles. The first-order chi connectivity index (χ1) is 9.05. The summed E-state index contributed by atoms with van der Waals surface area (Å²) in [4.78, 5) is 4.06. The van der Waals surface area contributed by atoms with Crippen LogP contribution in [-0.2, 0) is 14.8 Å². The van der Waals surface area contributed by atoms with Crippen LogP contribution < -0.4 is 15.4 Å². The van der Waals surface area contributed by atoms with Gasteiger partial charge in [-0.2, -0.15) is 0 Å². The Kier molecular flexibility index (Phi) is 10.5. The summed E-state index contributed by atoms with van der Waals surface area (Å²) in [7, 11) is 0.287. The monoisotopic (exact) mass is 294 g/mol. The molecule has 3 N–H and O–H groups in total. The zero-order valence-electron chi connectivity index (χ0n) is 12.0. The van der Waals surface area contributed by atoms with Gasteiger partial charge >= 0.3 is 0 Å². The van der Waals surface area contributed by atoms with Crippen LogP contribution in [0.2, 0.25) is 0 Å². The molecule has 0 aromatic rings. The lowest BCUT2D eigenvalue weighted by Crippen LogP contribution is -2.39. The summed E-state index contributed by atoms with van der Waals surface area (Å²) in [5, 5.41) is 6.26. The molecule has 0 aliphatic carbocycles. The van der Waals surface area contributed by atoms with Crippen molar-refractivity contribution in [2.45, 2.75) is 19.8 Å². The average molecular weight is 294 g/mol. The zero-order valence-corrected chi connectivity index (χ0v) is 12.8. The maximum Gasteiger partial charge on any atom is 0.211 e. The van der Waals surface area contributed by atoms with Gasteiger partial charge in [-0.1, -0.05) is 0 Å². The Bertz CT molecular complexity index is 344. The quantitative estimate of drug-likeness (QED) is 0.287. The van der Waals surface area contributed by atoms with Crippen LogP contribution in [0.15, 0.2) is 4.99 Å². The van der Waals surface area contributed by atoms with Crippen LogP contribution in [0.3, 0.4) is 0 Å². The molecule has 0 radical (unpaired) electrons. The van der Waals surface area contributed by atoms with E-state index < -0.39 is 10.0 Å². The summed E-state index contributed by atoms with van der Waals surface area (Å²) in [6, 6.07) is 0. The minimum absolute atomic E-state index is 0.114. The zero-order chi connectivity index (χ0) is 14.6. The minimum Gasteiger partial charge on any atom is -0.385 e. The van der Waals surface area contributed by atoms with Crippen LogP contribution in [0, 0.1) is 0 Å². The van der Waals surface area contributed by atoms with Crippen LogP contribution >= 0.6 is 0 Å². The first-order valence-electron chi connectivity index (χ1n) is 6.46. The van der Waals surface area contributed by atoms with Crippen molar-refractivity contribution in [3.05, 3.63) is 0 Å². The predicted molar refractivity (Wildman–Crippen MR) is 77.9 cm³/mol. The van der Waals surface area contributed by atoms with E-state index in [1.54, 1.807) is 21.1 Å². The number of hydrogen-bond acceptors (Lipinski definition) is 4. The fraction of sp³-hybridized carbons (Fsp3) is 0.909. The highest BCUT2D eigenvalue weighted by Crippen LogP contribution is 1.84. The van der Waals surface area contributed by atoms with E-state index in [2.05, 4.69) is 20.3 Å². The summed E-state index contributed by atoms with van der Waals surface area (Å²) in [5.74, 6) is 0.831. The highest BCUT2D eigenvalue weighted by atomic mass is 32.2. The van der Waals surface area contributed by atoms with E-state index in [4.69, 9.17) is 4.74 Å². The molecule has 0 rings (SSSR count). The number of methoxy groups -OCH3 is 1. The van der Waals surface area contributed by atoms with Crippen molar-refractivity contribution in [1.29, 1.82) is 0 Å². The number of nitrogens with zero attached hydrogens (tertiary/aromatic N) is 1. The maximum atomic E-state index is 11.2. The predicted octanol–water partition coefficient (Wildman–Crippen LogP) is -0.483. The van der Waals surface area contributed by atoms with E-state index in [0.29, 0.717) is 26.1 Å². The SMILES string of the molecule is CCS(=O)(=O)NCCCNC(=NC)NCCCOC. The second-order valence-electron chi connectivity index (χ2n) is 3.92. The Morgan fingerprint density at radius 3 is 2.32 bits per heavy atom. The summed E-state index contributed by atoms with van der Waals surface area (Å²) in [6.45, 7) is 4.21. The first kappa shape index (κ1) is 18.1. The second-order valence-corrected chi connectivity index (χ2v) is 6.02. The van der Waals surface area contributed by atoms with Gasteiger partial charge in [-0.05, 0) is 19.8 Å². The number of sulfonamides is 1. The molecule has 19 heavy (non-hydrogen) atoms. The number of guanidine groups is 1. The van der Waals surface area contributed by atoms with Crippen molar-refractivity contribution in [3.8, 4) is 0 Å². The topological polar surface area (TPSA) is 91.8 Å². The van der Waals surface area contributed by atoms with Crippen molar-refractivity contribution in [2.75, 3.05) is 46.2 Å². The first-order valence-corrected chi connectivity index (χ1v) is 8.11. The van der Waals surface area contributed by atoms with Gasteiger partial charge in [0.25, 0.3) is 0 Å². The Morgan fingerprint density at radius 2 is 1.79 bits per heavy atom. The van der Waals surface area contributed by atoms with E-state index in [1.165, 1.54) is 0 Å². The van der Waals surface area contributed by atoms with Crippen molar-refractivity contribution in [2.24, 2.45) is 4.99 Å². The molecule has 0 saturated heterocycles. The Labute approximate surface area is 116 Å². The third kappa shape index (κ3) is 10.7. The molecule has 8 heteroatoms. The van der Waals surface area contributed by atoms with Crippen LogP contribution in [0.25, 0.3) is 0 Å². The fourth-order valence-electron chi connectivity index (χ4n) is 1.27. The minimum atomic E-state index is -3.08. The molecule has 0 unspecified atom stereocenters. The van der Waals surface area contributed by atoms with Gasteiger partial charge in [-0.15, -0.1) is 0 Å². The summed E-state index contributed by atoms with van der Waals surface area (Å²) in [5.41, 5.74) is 0. The van der Waals surface area contributed by atoms with Crippen molar-refractivity contribution < 1.29 is 13.2 Å². The van der Waals surface area contributed by atoms with Crippen LogP contribution in [0.5, 0.6) is 0 Å². The molecule has 7 nitrogen and oxygen atoms in total. The van der Waals surface area contributed by atoms with Gasteiger partial charge in [-0.3, -0.25) is 4.99 Å². The fourth-order valence-corrected chi connectivity index (χ4v) is 1.93. The Morgan fingerprint density at radius 1 is 1.16 bits per heavy atom. The molecule has 0 fully saturated rings. The van der Waals surface area contributed by atoms with Gasteiger partial charge in [0, 0.05) is 40.4 Å². The molecular weight excluding hydrogens is 268 g/mol. The molecule has 0 atom stereocenters. The highest BCUT2D eigenvalue weighted by molar-refractivity contribution is 7.89. The molecule has 114 valence electrons. The summed E-state index contributed by atoms with van der Waals surface area (Å²) < 4.78 is 29.8. The van der Waals surface area contributed by atoms with E-state index >= 15 is 0 Å². The van der Waals surface area contributed by atoms with Crippen molar-refractivity contribution in [3.63, 3.8) is 0 Å². The van der Waals surface area contributed by atoms with E-state index in [-0.39, 0.29) is 5.75 Å². The van der Waals surface area contributed by atoms with Crippen molar-refractivity contribution in [1.82, 2.24) is 15.4 Å². The third-order valence-electron chi connectivity index (χ3n) is 2.39. The van der Waals surface area contributed by atoms with Gasteiger partial charge in [0.2, 0.25) is 10.0 Å². The largest absolute Gasteiger partial charge is 0.385 e. The molecule has 0 aromatic carbocycles. The van der Waals surface area contributed by atoms with Crippen molar-refractivity contribution >= 4 is 16.0 Å². The molecule has 0 heterocycles. The highest BCUT2D eigenvalue weighted by Gasteiger charge is 2.04. The normalized spacial score (nSPS) is 12.5. The number of nitrogens with one attached hydrogen (secondary N) is 3. The van der Waals surface area contributed by atoms with Crippen LogP contribution in [0.4, 0.5) is 0 Å². The molecule has 0 amide bonds. The number of hydrogen-bond donors (Lipinski definition) is 3. The summed E-state index contributed by atoms with van der Waals surface area (Å²) in [6.07, 6.45) is 1.62. The van der Waals surface area contributed by atoms with E-state index in [0.717, 1.165) is 18.9 Å². The molecule has 0 bridgehead atoms. The third-order valence-corrected chi connectivity index (χ3v) is 3.79. The molecule has 0 aliphatic heterocycles. The average Bonchev–Trinajstić information content (AvgIpc) is 2.40. The lowest BCUT2D eigenvalue weighted by molar-refractivity contribution is 0.195. The van der Waals surface area contributed by atoms with Gasteiger partial charge in [-0.25, -0.2) is 13.1 Å². The number of aliphatic imine (C=N–C) groups is 1. The molecule has 0 aliphatic rings. The molecule has 0 spiro atoms. The standard InChI is InChI=1S/C11H26N4O3S/c1-4-19(16,17)15-9-5-7-13-11(12-2)14-8-6-10-18-3/h15H,4-10H2,1-3H3,(H2,12,13,14). The molecule has 0 aromatic heterocycles. The van der Waals surface area contributed by atoms with Gasteiger partial charge in [0.15, 0.2) is 5.96 Å². The second kappa shape index (κ2) is 11.0. The number of rotatable bonds is 10. The van der Waals surface area contributed by atoms with Gasteiger partial charge in [0.05, 0.1) is 5.75 Å². The van der Waals surface area contributed by atoms with Crippen LogP contribution in [0.1, 0.15) is 19.8 Å². The number of ether oxygens (including phenoxy) is 1. The lowest BCUT2D eigenvalue weighted by Gasteiger charge is -2.11. The van der Waals surface area contributed by atoms with E-state index in [9.17, 15) is 8.42 Å². The molecular formula is C11H26N4O3S. The van der Waals surface area contributed by atoms with E-state index in [1.807, 2.05) is 0 Å². The lowest BCUT2D eigenvalue weighted by atomic mass is 10.4. The van der Waals surface area contributed by atoms with Crippen LogP contribution in [-0.4, -0.2) is 60.5 Å². The van der Waals surface area contributed by atoms with Gasteiger partial charge < -0.3 is 15.4 Å². The summed E-state index contributed by atoms with van der Waals surface area (Å²) >= 11 is 0.